The van der Waals surface area contributed by atoms with Crippen molar-refractivity contribution in [1.29, 1.82) is 0 Å². The van der Waals surface area contributed by atoms with Gasteiger partial charge in [0.1, 0.15) is 0 Å². The molecule has 1 saturated heterocycles. The van der Waals surface area contributed by atoms with Crippen molar-refractivity contribution in [3.8, 4) is 11.5 Å². The number of piperidine rings is 1. The molecule has 2 aromatic carbocycles. The largest absolute Gasteiger partial charge is 0.454 e. The van der Waals surface area contributed by atoms with Gasteiger partial charge in [-0.05, 0) is 55.4 Å². The second kappa shape index (κ2) is 11.8. The summed E-state index contributed by atoms with van der Waals surface area (Å²) in [6, 6.07) is 13.3. The molecule has 0 aliphatic carbocycles. The van der Waals surface area contributed by atoms with Crippen molar-refractivity contribution < 1.29 is 23.9 Å². The molecular weight excluding hydrogens is 518 g/mol. The van der Waals surface area contributed by atoms with Gasteiger partial charge < -0.3 is 25.0 Å². The highest BCUT2D eigenvalue weighted by Gasteiger charge is 2.28. The van der Waals surface area contributed by atoms with Gasteiger partial charge in [-0.25, -0.2) is 0 Å². The van der Waals surface area contributed by atoms with E-state index >= 15 is 0 Å². The monoisotopic (exact) mass is 549 g/mol. The number of aromatic nitrogens is 2. The number of aryl methyl sites for hydroxylation is 1. The second-order valence-electron chi connectivity index (χ2n) is 9.76. The number of carbonyl (C=O) groups excluding carboxylic acids is 3. The van der Waals surface area contributed by atoms with Crippen LogP contribution in [0.15, 0.2) is 42.5 Å². The molecular formula is C28H31N5O5S. The van der Waals surface area contributed by atoms with E-state index in [1.807, 2.05) is 6.92 Å². The first kappa shape index (κ1) is 26.6. The highest BCUT2D eigenvalue weighted by Crippen LogP contribution is 2.34. The Morgan fingerprint density at radius 1 is 1.03 bits per heavy atom. The van der Waals surface area contributed by atoms with Gasteiger partial charge in [0.2, 0.25) is 22.7 Å². The Kier molecular flexibility index (Phi) is 8.06. The molecule has 0 saturated carbocycles. The van der Waals surface area contributed by atoms with Crippen LogP contribution >= 0.6 is 11.3 Å². The Labute approximate surface area is 230 Å². The molecule has 1 atom stereocenters. The van der Waals surface area contributed by atoms with Gasteiger partial charge in [-0.3, -0.25) is 14.4 Å². The third kappa shape index (κ3) is 6.36. The normalized spacial score (nSPS) is 15.6. The predicted octanol–water partition coefficient (Wildman–Crippen LogP) is 4.20. The quantitative estimate of drug-likeness (QED) is 0.432. The molecule has 11 heteroatoms. The number of nitrogens with one attached hydrogen (secondary N) is 2. The summed E-state index contributed by atoms with van der Waals surface area (Å²) in [4.78, 5) is 40.0. The first-order valence-electron chi connectivity index (χ1n) is 13.1. The van der Waals surface area contributed by atoms with Crippen LogP contribution in [0.5, 0.6) is 11.5 Å². The third-order valence-electron chi connectivity index (χ3n) is 7.07. The number of fused-ring (bicyclic) bond motifs is 1. The number of ether oxygens (including phenoxy) is 2. The van der Waals surface area contributed by atoms with E-state index in [4.69, 9.17) is 9.47 Å². The topological polar surface area (TPSA) is 123 Å². The summed E-state index contributed by atoms with van der Waals surface area (Å²) in [5.74, 6) is 0.703. The Morgan fingerprint density at radius 3 is 2.49 bits per heavy atom. The summed E-state index contributed by atoms with van der Waals surface area (Å²) in [6.07, 6.45) is 2.88. The number of likely N-dealkylation sites (tertiary alicyclic amines) is 1. The zero-order chi connectivity index (χ0) is 27.4. The van der Waals surface area contributed by atoms with Crippen LogP contribution < -0.4 is 20.1 Å². The predicted molar refractivity (Wildman–Crippen MR) is 146 cm³/mol. The van der Waals surface area contributed by atoms with Gasteiger partial charge in [0.25, 0.3) is 11.8 Å². The molecule has 2 aliphatic heterocycles. The highest BCUT2D eigenvalue weighted by atomic mass is 32.1. The summed E-state index contributed by atoms with van der Waals surface area (Å²) < 4.78 is 10.6. The van der Waals surface area contributed by atoms with Crippen LogP contribution in [0.25, 0.3) is 0 Å². The molecule has 0 spiro atoms. The lowest BCUT2D eigenvalue weighted by atomic mass is 9.93. The molecule has 2 N–H and O–H groups in total. The summed E-state index contributed by atoms with van der Waals surface area (Å²) in [5.41, 5.74) is 2.89. The molecule has 5 rings (SSSR count). The minimum absolute atomic E-state index is 0.0223. The van der Waals surface area contributed by atoms with Crippen molar-refractivity contribution in [2.75, 3.05) is 25.2 Å². The number of nitrogens with zero attached hydrogens (tertiary/aromatic N) is 3. The summed E-state index contributed by atoms with van der Waals surface area (Å²) in [6.45, 7) is 5.32. The van der Waals surface area contributed by atoms with Gasteiger partial charge in [0.05, 0.1) is 6.04 Å². The first-order chi connectivity index (χ1) is 18.9. The lowest BCUT2D eigenvalue weighted by molar-refractivity contribution is -0.122. The minimum atomic E-state index is -0.453. The summed E-state index contributed by atoms with van der Waals surface area (Å²) in [5, 5.41) is 14.0. The van der Waals surface area contributed by atoms with Crippen LogP contribution in [-0.4, -0.2) is 52.7 Å². The maximum Gasteiger partial charge on any atom is 0.286 e. The van der Waals surface area contributed by atoms with Gasteiger partial charge in [0.15, 0.2) is 11.5 Å². The molecule has 0 radical (unpaired) electrons. The highest BCUT2D eigenvalue weighted by molar-refractivity contribution is 7.15. The van der Waals surface area contributed by atoms with Gasteiger partial charge in [-0.2, -0.15) is 0 Å². The fourth-order valence-corrected chi connectivity index (χ4v) is 5.43. The molecule has 1 unspecified atom stereocenters. The van der Waals surface area contributed by atoms with E-state index in [0.29, 0.717) is 36.7 Å². The van der Waals surface area contributed by atoms with Gasteiger partial charge in [-0.1, -0.05) is 42.5 Å². The van der Waals surface area contributed by atoms with Crippen LogP contribution in [-0.2, 0) is 11.2 Å². The molecule has 204 valence electrons. The second-order valence-corrected chi connectivity index (χ2v) is 10.7. The minimum Gasteiger partial charge on any atom is -0.454 e. The van der Waals surface area contributed by atoms with Crippen molar-refractivity contribution in [2.24, 2.45) is 5.92 Å². The van der Waals surface area contributed by atoms with Gasteiger partial charge in [0, 0.05) is 31.3 Å². The third-order valence-corrected chi connectivity index (χ3v) is 7.98. The van der Waals surface area contributed by atoms with Gasteiger partial charge >= 0.3 is 0 Å². The summed E-state index contributed by atoms with van der Waals surface area (Å²) >= 11 is 0.960. The van der Waals surface area contributed by atoms with E-state index in [9.17, 15) is 14.4 Å². The molecule has 1 fully saturated rings. The molecule has 3 heterocycles. The van der Waals surface area contributed by atoms with Crippen LogP contribution in [0.1, 0.15) is 69.9 Å². The van der Waals surface area contributed by atoms with Crippen LogP contribution in [0.2, 0.25) is 0 Å². The number of amides is 3. The maximum absolute atomic E-state index is 13.0. The molecule has 3 aromatic rings. The van der Waals surface area contributed by atoms with E-state index in [1.165, 1.54) is 5.56 Å². The summed E-state index contributed by atoms with van der Waals surface area (Å²) in [7, 11) is 0. The molecule has 1 aromatic heterocycles. The average Bonchev–Trinajstić information content (AvgIpc) is 3.63. The van der Waals surface area contributed by atoms with Crippen molar-refractivity contribution in [2.45, 2.75) is 45.6 Å². The Morgan fingerprint density at radius 2 is 1.74 bits per heavy atom. The molecule has 10 nitrogen and oxygen atoms in total. The lowest BCUT2D eigenvalue weighted by Crippen LogP contribution is -2.39. The number of hydrogen-bond acceptors (Lipinski definition) is 8. The van der Waals surface area contributed by atoms with Crippen LogP contribution in [0.3, 0.4) is 0 Å². The van der Waals surface area contributed by atoms with E-state index in [0.717, 1.165) is 36.2 Å². The Balaban J connectivity index is 1.08. The van der Waals surface area contributed by atoms with Crippen molar-refractivity contribution in [3.63, 3.8) is 0 Å². The molecule has 0 bridgehead atoms. The zero-order valence-corrected chi connectivity index (χ0v) is 22.8. The Bertz CT molecular complexity index is 1350. The SMILES string of the molecule is CCc1ccc(C(C)NC(=O)CC2CCN(C(=O)c3nnc(C(=O)Nc4ccc5c(c4)OCO5)s3)CC2)cc1. The van der Waals surface area contributed by atoms with Crippen molar-refractivity contribution in [1.82, 2.24) is 20.4 Å². The van der Waals surface area contributed by atoms with E-state index < -0.39 is 5.91 Å². The van der Waals surface area contributed by atoms with Crippen molar-refractivity contribution in [3.05, 3.63) is 63.6 Å². The van der Waals surface area contributed by atoms with Crippen LogP contribution in [0, 0.1) is 5.92 Å². The fourth-order valence-electron chi connectivity index (χ4n) is 4.72. The smallest absolute Gasteiger partial charge is 0.286 e. The van der Waals surface area contributed by atoms with E-state index in [1.54, 1.807) is 23.1 Å². The Hall–Kier alpha value is -3.99. The maximum atomic E-state index is 13.0. The fraction of sp³-hybridized carbons (Fsp3) is 0.393. The molecule has 2 aliphatic rings. The van der Waals surface area contributed by atoms with Crippen molar-refractivity contribution >= 4 is 34.7 Å². The lowest BCUT2D eigenvalue weighted by Gasteiger charge is -2.31. The van der Waals surface area contributed by atoms with Crippen LogP contribution in [0.4, 0.5) is 5.69 Å². The molecule has 39 heavy (non-hydrogen) atoms. The molecule has 3 amide bonds. The number of anilines is 1. The average molecular weight is 550 g/mol. The number of hydrogen-bond donors (Lipinski definition) is 2. The van der Waals surface area contributed by atoms with Gasteiger partial charge in [-0.15, -0.1) is 10.2 Å². The zero-order valence-electron chi connectivity index (χ0n) is 21.9. The number of benzene rings is 2. The number of rotatable bonds is 8. The standard InChI is InChI=1S/C28H31N5O5S/c1-3-18-4-6-20(7-5-18)17(2)29-24(34)14-19-10-12-33(13-11-19)28(36)27-32-31-26(39-27)25(35)30-21-8-9-22-23(15-21)38-16-37-22/h4-9,15,17,19H,3,10-14,16H2,1-2H3,(H,29,34)(H,30,35). The first-order valence-corrected chi connectivity index (χ1v) is 13.9. The van der Waals surface area contributed by atoms with E-state index in [-0.39, 0.29) is 40.6 Å². The van der Waals surface area contributed by atoms with E-state index in [2.05, 4.69) is 52.0 Å². The number of carbonyl (C=O) groups is 3.